The molecule has 0 spiro atoms. The van der Waals surface area contributed by atoms with Gasteiger partial charge in [-0.1, -0.05) is 47.5 Å². The molecular formula is C20H16Cl2F6N2O. The minimum Gasteiger partial charge on any atom is -0.299 e. The molecule has 0 fully saturated rings. The predicted molar refractivity (Wildman–Crippen MR) is 108 cm³/mol. The van der Waals surface area contributed by atoms with Crippen LogP contribution in [-0.4, -0.2) is 18.3 Å². The second-order valence-corrected chi connectivity index (χ2v) is 7.39. The van der Waals surface area contributed by atoms with E-state index in [1.807, 2.05) is 5.43 Å². The standard InChI is InChI=1S/C20H16Cl2F6N2O/c1-11-16(21)8-13(9-17(11)22)15(20(26,27)28)7-4-12-2-5-14(6-3-12)29-30-18(31)10-19(23,24)25/h2-9,15,29H,10H2,1H3,(H,30,31)/b7-4+. The number of rotatable bonds is 6. The Balaban J connectivity index is 2.12. The SMILES string of the molecule is Cc1c(Cl)cc(C(/C=C/c2ccc(NNC(=O)CC(F)(F)F)cc2)C(F)(F)F)cc1Cl. The van der Waals surface area contributed by atoms with Crippen molar-refractivity contribution in [2.45, 2.75) is 31.6 Å². The van der Waals surface area contributed by atoms with Gasteiger partial charge >= 0.3 is 12.4 Å². The van der Waals surface area contributed by atoms with Crippen LogP contribution < -0.4 is 10.9 Å². The second-order valence-electron chi connectivity index (χ2n) is 6.58. The molecule has 168 valence electrons. The number of hydrazine groups is 1. The molecule has 0 aliphatic carbocycles. The summed E-state index contributed by atoms with van der Waals surface area (Å²) in [7, 11) is 0. The maximum atomic E-state index is 13.6. The van der Waals surface area contributed by atoms with Crippen LogP contribution in [0, 0.1) is 6.92 Å². The Bertz CT molecular complexity index is 933. The molecule has 1 atom stereocenters. The summed E-state index contributed by atoms with van der Waals surface area (Å²) >= 11 is 11.9. The van der Waals surface area contributed by atoms with Crippen LogP contribution in [0.4, 0.5) is 32.0 Å². The van der Waals surface area contributed by atoms with Gasteiger partial charge < -0.3 is 0 Å². The van der Waals surface area contributed by atoms with Crippen molar-refractivity contribution < 1.29 is 31.1 Å². The predicted octanol–water partition coefficient (Wildman–Crippen LogP) is 7.06. The van der Waals surface area contributed by atoms with Gasteiger partial charge in [0.2, 0.25) is 5.91 Å². The van der Waals surface area contributed by atoms with Crippen LogP contribution in [0.5, 0.6) is 0 Å². The summed E-state index contributed by atoms with van der Waals surface area (Å²) < 4.78 is 77.0. The van der Waals surface area contributed by atoms with Gasteiger partial charge in [-0.05, 0) is 47.9 Å². The molecule has 31 heavy (non-hydrogen) atoms. The van der Waals surface area contributed by atoms with Gasteiger partial charge in [0.25, 0.3) is 0 Å². The first-order chi connectivity index (χ1) is 14.3. The number of alkyl halides is 6. The lowest BCUT2D eigenvalue weighted by Crippen LogP contribution is -2.32. The molecule has 1 amide bonds. The molecule has 2 aromatic rings. The lowest BCUT2D eigenvalue weighted by molar-refractivity contribution is -0.153. The molecule has 2 aromatic carbocycles. The minimum absolute atomic E-state index is 0.116. The van der Waals surface area contributed by atoms with E-state index in [4.69, 9.17) is 23.2 Å². The van der Waals surface area contributed by atoms with Gasteiger partial charge in [-0.15, -0.1) is 0 Å². The third kappa shape index (κ3) is 7.66. The van der Waals surface area contributed by atoms with Gasteiger partial charge in [0.15, 0.2) is 0 Å². The first kappa shape index (κ1) is 24.9. The molecule has 2 rings (SSSR count). The summed E-state index contributed by atoms with van der Waals surface area (Å²) in [6.45, 7) is 1.59. The number of hydrogen-bond donors (Lipinski definition) is 2. The van der Waals surface area contributed by atoms with Crippen LogP contribution in [0.15, 0.2) is 42.5 Å². The van der Waals surface area contributed by atoms with Crippen molar-refractivity contribution in [1.29, 1.82) is 0 Å². The first-order valence-corrected chi connectivity index (χ1v) is 9.44. The first-order valence-electron chi connectivity index (χ1n) is 8.68. The summed E-state index contributed by atoms with van der Waals surface area (Å²) in [6.07, 6.45) is -8.69. The maximum absolute atomic E-state index is 13.6. The largest absolute Gasteiger partial charge is 0.399 e. The Morgan fingerprint density at radius 1 is 1.03 bits per heavy atom. The van der Waals surface area contributed by atoms with Gasteiger partial charge in [-0.3, -0.25) is 15.6 Å². The number of carbonyl (C=O) groups is 1. The zero-order valence-electron chi connectivity index (χ0n) is 15.8. The summed E-state index contributed by atoms with van der Waals surface area (Å²) in [5, 5.41) is 0.237. The van der Waals surface area contributed by atoms with Gasteiger partial charge in [-0.2, -0.15) is 26.3 Å². The average Bonchev–Trinajstić information content (AvgIpc) is 2.63. The Kier molecular flexibility index (Phi) is 7.88. The molecule has 0 aliphatic rings. The van der Waals surface area contributed by atoms with Gasteiger partial charge in [0.1, 0.15) is 6.42 Å². The fraction of sp³-hybridized carbons (Fsp3) is 0.250. The molecule has 0 radical (unpaired) electrons. The van der Waals surface area contributed by atoms with Crippen molar-refractivity contribution in [3.8, 4) is 0 Å². The topological polar surface area (TPSA) is 41.1 Å². The highest BCUT2D eigenvalue weighted by Gasteiger charge is 2.39. The van der Waals surface area contributed by atoms with Gasteiger partial charge in [0.05, 0.1) is 11.6 Å². The lowest BCUT2D eigenvalue weighted by Gasteiger charge is -2.18. The van der Waals surface area contributed by atoms with E-state index in [-0.39, 0.29) is 21.3 Å². The van der Waals surface area contributed by atoms with E-state index >= 15 is 0 Å². The Labute approximate surface area is 184 Å². The fourth-order valence-corrected chi connectivity index (χ4v) is 3.01. The van der Waals surface area contributed by atoms with Crippen molar-refractivity contribution in [3.63, 3.8) is 0 Å². The smallest absolute Gasteiger partial charge is 0.299 e. The highest BCUT2D eigenvalue weighted by molar-refractivity contribution is 6.36. The number of allylic oxidation sites excluding steroid dienone is 1. The summed E-state index contributed by atoms with van der Waals surface area (Å²) in [5.41, 5.74) is 5.18. The van der Waals surface area contributed by atoms with Crippen LogP contribution in [0.2, 0.25) is 10.0 Å². The monoisotopic (exact) mass is 484 g/mol. The molecule has 2 N–H and O–H groups in total. The maximum Gasteiger partial charge on any atom is 0.399 e. The molecular weight excluding hydrogens is 469 g/mol. The van der Waals surface area contributed by atoms with Crippen LogP contribution >= 0.6 is 23.2 Å². The number of benzene rings is 2. The number of halogens is 8. The summed E-state index contributed by atoms with van der Waals surface area (Å²) in [5.74, 6) is -3.23. The van der Waals surface area contributed by atoms with Crippen molar-refractivity contribution in [2.75, 3.05) is 5.43 Å². The Morgan fingerprint density at radius 2 is 1.58 bits per heavy atom. The number of hydrogen-bond acceptors (Lipinski definition) is 2. The Morgan fingerprint density at radius 3 is 2.06 bits per heavy atom. The number of anilines is 1. The molecule has 11 heteroatoms. The molecule has 0 saturated heterocycles. The molecule has 3 nitrogen and oxygen atoms in total. The molecule has 0 aliphatic heterocycles. The van der Waals surface area contributed by atoms with E-state index in [1.54, 1.807) is 6.92 Å². The molecule has 0 aromatic heterocycles. The minimum atomic E-state index is -4.64. The van der Waals surface area contributed by atoms with E-state index in [9.17, 15) is 31.1 Å². The quantitative estimate of drug-likeness (QED) is 0.340. The van der Waals surface area contributed by atoms with E-state index in [1.165, 1.54) is 42.5 Å². The zero-order valence-corrected chi connectivity index (χ0v) is 17.3. The Hall–Kier alpha value is -2.39. The molecule has 0 heterocycles. The highest BCUT2D eigenvalue weighted by Crippen LogP contribution is 2.39. The van der Waals surface area contributed by atoms with Crippen LogP contribution in [0.1, 0.15) is 29.0 Å². The van der Waals surface area contributed by atoms with Gasteiger partial charge in [0, 0.05) is 10.0 Å². The zero-order chi connectivity index (χ0) is 23.4. The van der Waals surface area contributed by atoms with Crippen LogP contribution in [0.3, 0.4) is 0 Å². The van der Waals surface area contributed by atoms with Crippen molar-refractivity contribution in [2.24, 2.45) is 0 Å². The summed E-state index contributed by atoms with van der Waals surface area (Å²) in [6, 6.07) is 8.05. The van der Waals surface area contributed by atoms with Gasteiger partial charge in [-0.25, -0.2) is 0 Å². The lowest BCUT2D eigenvalue weighted by atomic mass is 9.96. The van der Waals surface area contributed by atoms with E-state index in [2.05, 4.69) is 5.43 Å². The van der Waals surface area contributed by atoms with Crippen molar-refractivity contribution in [3.05, 3.63) is 69.2 Å². The normalized spacial score (nSPS) is 13.3. The average molecular weight is 485 g/mol. The van der Waals surface area contributed by atoms with Crippen molar-refractivity contribution >= 4 is 40.9 Å². The third-order valence-electron chi connectivity index (χ3n) is 4.11. The summed E-state index contributed by atoms with van der Waals surface area (Å²) in [4.78, 5) is 11.1. The highest BCUT2D eigenvalue weighted by atomic mass is 35.5. The fourth-order valence-electron chi connectivity index (χ4n) is 2.51. The third-order valence-corrected chi connectivity index (χ3v) is 4.90. The van der Waals surface area contributed by atoms with E-state index in [0.717, 1.165) is 6.08 Å². The van der Waals surface area contributed by atoms with E-state index in [0.29, 0.717) is 11.1 Å². The number of amides is 1. The second kappa shape index (κ2) is 9.82. The number of nitrogens with one attached hydrogen (secondary N) is 2. The van der Waals surface area contributed by atoms with E-state index < -0.39 is 30.6 Å². The van der Waals surface area contributed by atoms with Crippen LogP contribution in [0.25, 0.3) is 6.08 Å². The molecule has 0 bridgehead atoms. The molecule has 0 saturated carbocycles. The molecule has 1 unspecified atom stereocenters. The van der Waals surface area contributed by atoms with Crippen molar-refractivity contribution in [1.82, 2.24) is 5.43 Å². The van der Waals surface area contributed by atoms with Crippen LogP contribution in [-0.2, 0) is 4.79 Å². The number of carbonyl (C=O) groups excluding carboxylic acids is 1.